The van der Waals surface area contributed by atoms with Crippen LogP contribution in [0.25, 0.3) is 0 Å². The Morgan fingerprint density at radius 2 is 2.17 bits per heavy atom. The highest BCUT2D eigenvalue weighted by Gasteiger charge is 2.35. The van der Waals surface area contributed by atoms with Crippen LogP contribution in [0.4, 0.5) is 13.6 Å². The molecular formula is C13H15F2NO2. The number of halogens is 2. The molecule has 1 heterocycles. The molecule has 1 atom stereocenters. The maximum absolute atomic E-state index is 13.5. The second kappa shape index (κ2) is 4.92. The number of benzene rings is 1. The molecule has 0 aromatic heterocycles. The third-order valence-electron chi connectivity index (χ3n) is 3.14. The summed E-state index contributed by atoms with van der Waals surface area (Å²) < 4.78 is 31.3. The molecule has 0 saturated carbocycles. The van der Waals surface area contributed by atoms with Crippen LogP contribution in [0.3, 0.4) is 0 Å². The molecule has 3 nitrogen and oxygen atoms in total. The highest BCUT2D eigenvalue weighted by atomic mass is 19.1. The lowest BCUT2D eigenvalue weighted by Crippen LogP contribution is -2.36. The normalized spacial score (nSPS) is 19.5. The molecule has 5 heteroatoms. The van der Waals surface area contributed by atoms with Crippen molar-refractivity contribution >= 4 is 6.09 Å². The highest BCUT2D eigenvalue weighted by molar-refractivity contribution is 5.70. The number of carbonyl (C=O) groups is 1. The maximum atomic E-state index is 13.5. The van der Waals surface area contributed by atoms with Gasteiger partial charge >= 0.3 is 6.09 Å². The van der Waals surface area contributed by atoms with Crippen molar-refractivity contribution < 1.29 is 18.3 Å². The van der Waals surface area contributed by atoms with Gasteiger partial charge in [0.15, 0.2) is 0 Å². The lowest BCUT2D eigenvalue weighted by atomic mass is 10.0. The van der Waals surface area contributed by atoms with Crippen LogP contribution in [-0.2, 0) is 11.3 Å². The van der Waals surface area contributed by atoms with E-state index in [1.807, 2.05) is 13.8 Å². The van der Waals surface area contributed by atoms with Gasteiger partial charge in [-0.3, -0.25) is 4.90 Å². The van der Waals surface area contributed by atoms with Gasteiger partial charge in [0.2, 0.25) is 0 Å². The van der Waals surface area contributed by atoms with Gasteiger partial charge in [-0.1, -0.05) is 19.9 Å². The Morgan fingerprint density at radius 1 is 1.44 bits per heavy atom. The summed E-state index contributed by atoms with van der Waals surface area (Å²) >= 11 is 0. The Kier molecular flexibility index (Phi) is 3.50. The molecule has 0 aliphatic carbocycles. The van der Waals surface area contributed by atoms with Gasteiger partial charge in [-0.05, 0) is 12.0 Å². The molecule has 0 radical (unpaired) electrons. The van der Waals surface area contributed by atoms with Crippen LogP contribution in [-0.4, -0.2) is 23.6 Å². The molecule has 1 amide bonds. The van der Waals surface area contributed by atoms with Crippen LogP contribution in [0, 0.1) is 17.6 Å². The first-order valence-electron chi connectivity index (χ1n) is 5.86. The van der Waals surface area contributed by atoms with E-state index < -0.39 is 17.7 Å². The van der Waals surface area contributed by atoms with E-state index in [1.54, 1.807) is 0 Å². The average Bonchev–Trinajstić information content (AvgIpc) is 2.64. The lowest BCUT2D eigenvalue weighted by molar-refractivity contribution is 0.154. The molecule has 1 aromatic rings. The molecule has 18 heavy (non-hydrogen) atoms. The Bertz CT molecular complexity index is 462. The first-order valence-corrected chi connectivity index (χ1v) is 5.86. The van der Waals surface area contributed by atoms with Crippen LogP contribution < -0.4 is 0 Å². The van der Waals surface area contributed by atoms with Gasteiger partial charge in [-0.2, -0.15) is 0 Å². The van der Waals surface area contributed by atoms with Crippen LogP contribution >= 0.6 is 0 Å². The molecule has 1 aliphatic heterocycles. The monoisotopic (exact) mass is 255 g/mol. The molecular weight excluding hydrogens is 240 g/mol. The topological polar surface area (TPSA) is 29.5 Å². The molecule has 2 rings (SSSR count). The van der Waals surface area contributed by atoms with Crippen LogP contribution in [0.2, 0.25) is 0 Å². The zero-order valence-electron chi connectivity index (χ0n) is 10.3. The summed E-state index contributed by atoms with van der Waals surface area (Å²) in [6.07, 6.45) is -0.447. The number of hydrogen-bond donors (Lipinski definition) is 0. The van der Waals surface area contributed by atoms with Crippen LogP contribution in [0.1, 0.15) is 19.4 Å². The first-order chi connectivity index (χ1) is 8.49. The van der Waals surface area contributed by atoms with Crippen LogP contribution in [0.5, 0.6) is 0 Å². The molecule has 1 aromatic carbocycles. The summed E-state index contributed by atoms with van der Waals surface area (Å²) in [4.78, 5) is 13.1. The van der Waals surface area contributed by atoms with Crippen molar-refractivity contribution in [1.29, 1.82) is 0 Å². The number of amides is 1. The molecule has 0 N–H and O–H groups in total. The van der Waals surface area contributed by atoms with Gasteiger partial charge in [0.25, 0.3) is 0 Å². The summed E-state index contributed by atoms with van der Waals surface area (Å²) in [5.41, 5.74) is 0.293. The fourth-order valence-electron chi connectivity index (χ4n) is 2.03. The van der Waals surface area contributed by atoms with Crippen molar-refractivity contribution in [2.24, 2.45) is 5.92 Å². The number of carbonyl (C=O) groups excluding carboxylic acids is 1. The van der Waals surface area contributed by atoms with Gasteiger partial charge in [-0.25, -0.2) is 13.6 Å². The van der Waals surface area contributed by atoms with Crippen LogP contribution in [0.15, 0.2) is 18.2 Å². The summed E-state index contributed by atoms with van der Waals surface area (Å²) in [6.45, 7) is 4.37. The van der Waals surface area contributed by atoms with E-state index in [2.05, 4.69) is 0 Å². The zero-order chi connectivity index (χ0) is 13.3. The molecule has 1 fully saturated rings. The van der Waals surface area contributed by atoms with E-state index in [9.17, 15) is 13.6 Å². The number of rotatable bonds is 3. The third kappa shape index (κ3) is 2.44. The fourth-order valence-corrected chi connectivity index (χ4v) is 2.03. The van der Waals surface area contributed by atoms with E-state index in [1.165, 1.54) is 17.0 Å². The van der Waals surface area contributed by atoms with Gasteiger partial charge in [0.1, 0.15) is 18.2 Å². The van der Waals surface area contributed by atoms with Gasteiger partial charge in [0, 0.05) is 11.6 Å². The van der Waals surface area contributed by atoms with E-state index in [0.717, 1.165) is 6.07 Å². The Labute approximate surface area is 104 Å². The minimum Gasteiger partial charge on any atom is -0.447 e. The largest absolute Gasteiger partial charge is 0.447 e. The third-order valence-corrected chi connectivity index (χ3v) is 3.14. The number of cyclic esters (lactones) is 1. The van der Waals surface area contributed by atoms with Gasteiger partial charge < -0.3 is 4.74 Å². The second-order valence-electron chi connectivity index (χ2n) is 4.75. The van der Waals surface area contributed by atoms with Crippen molar-refractivity contribution in [2.45, 2.75) is 26.4 Å². The quantitative estimate of drug-likeness (QED) is 0.831. The average molecular weight is 255 g/mol. The number of hydrogen-bond acceptors (Lipinski definition) is 2. The second-order valence-corrected chi connectivity index (χ2v) is 4.75. The van der Waals surface area contributed by atoms with Gasteiger partial charge in [-0.15, -0.1) is 0 Å². The minimum atomic E-state index is -0.641. The minimum absolute atomic E-state index is 0.0676. The molecule has 0 unspecified atom stereocenters. The molecule has 1 aliphatic rings. The smallest absolute Gasteiger partial charge is 0.410 e. The van der Waals surface area contributed by atoms with E-state index in [4.69, 9.17) is 4.74 Å². The summed E-state index contributed by atoms with van der Waals surface area (Å²) in [7, 11) is 0. The zero-order valence-corrected chi connectivity index (χ0v) is 10.3. The Morgan fingerprint density at radius 3 is 2.78 bits per heavy atom. The van der Waals surface area contributed by atoms with Crippen molar-refractivity contribution in [3.8, 4) is 0 Å². The number of nitrogens with zero attached hydrogens (tertiary/aromatic N) is 1. The van der Waals surface area contributed by atoms with Crippen molar-refractivity contribution in [2.75, 3.05) is 6.61 Å². The van der Waals surface area contributed by atoms with Crippen molar-refractivity contribution in [1.82, 2.24) is 4.90 Å². The Hall–Kier alpha value is -1.65. The SMILES string of the molecule is CC(C)[C@H]1COC(=O)N1Cc1ccc(F)cc1F. The lowest BCUT2D eigenvalue weighted by Gasteiger charge is -2.24. The molecule has 1 saturated heterocycles. The summed E-state index contributed by atoms with van der Waals surface area (Å²) in [5, 5.41) is 0. The highest BCUT2D eigenvalue weighted by Crippen LogP contribution is 2.23. The standard InChI is InChI=1S/C13H15F2NO2/c1-8(2)12-7-18-13(17)16(12)6-9-3-4-10(14)5-11(9)15/h3-5,8,12H,6-7H2,1-2H3/t12-/m1/s1. The van der Waals surface area contributed by atoms with Crippen molar-refractivity contribution in [3.05, 3.63) is 35.4 Å². The summed E-state index contributed by atoms with van der Waals surface area (Å²) in [6, 6.07) is 3.29. The van der Waals surface area contributed by atoms with Gasteiger partial charge in [0.05, 0.1) is 12.6 Å². The summed E-state index contributed by atoms with van der Waals surface area (Å²) in [5.74, 6) is -1.04. The molecule has 98 valence electrons. The molecule has 0 bridgehead atoms. The molecule has 0 spiro atoms. The van der Waals surface area contributed by atoms with E-state index in [0.29, 0.717) is 12.2 Å². The number of ether oxygens (including phenoxy) is 1. The Balaban J connectivity index is 2.19. The van der Waals surface area contributed by atoms with Crippen molar-refractivity contribution in [3.63, 3.8) is 0 Å². The predicted octanol–water partition coefficient (Wildman–Crippen LogP) is 2.94. The first kappa shape index (κ1) is 12.8. The van der Waals surface area contributed by atoms with E-state index in [-0.39, 0.29) is 18.5 Å². The van der Waals surface area contributed by atoms with E-state index >= 15 is 0 Å². The fraction of sp³-hybridized carbons (Fsp3) is 0.462. The maximum Gasteiger partial charge on any atom is 0.410 e. The predicted molar refractivity (Wildman–Crippen MR) is 61.9 cm³/mol.